The van der Waals surface area contributed by atoms with E-state index in [4.69, 9.17) is 4.42 Å². The number of fused-ring (bicyclic) bond motifs is 1. The van der Waals surface area contributed by atoms with Gasteiger partial charge in [0.1, 0.15) is 5.76 Å². The van der Waals surface area contributed by atoms with E-state index in [1.54, 1.807) is 17.9 Å². The minimum Gasteiger partial charge on any atom is -0.456 e. The number of carbonyl (C=O) groups excluding carboxylic acids is 2. The van der Waals surface area contributed by atoms with Gasteiger partial charge in [0.25, 0.3) is 5.91 Å². The summed E-state index contributed by atoms with van der Waals surface area (Å²) in [5.74, 6) is 1.18. The molecule has 1 saturated heterocycles. The van der Waals surface area contributed by atoms with Crippen molar-refractivity contribution >= 4 is 11.8 Å². The standard InChI is InChI=1S/C28H38N2O3/c1-19-16-23-24(28(5,6)11-10-27(23,3)4)18-21(19)17-22-8-9-25(33-22)26(32)30-13-7-12-29(14-15-30)20(2)31/h8-9,16,18H,7,10-15,17H2,1-6H3. The third-order valence-corrected chi connectivity index (χ3v) is 7.77. The molecule has 0 saturated carbocycles. The third-order valence-electron chi connectivity index (χ3n) is 7.77. The van der Waals surface area contributed by atoms with E-state index in [-0.39, 0.29) is 22.6 Å². The molecule has 1 fully saturated rings. The van der Waals surface area contributed by atoms with E-state index < -0.39 is 0 Å². The second-order valence-corrected chi connectivity index (χ2v) is 11.2. The minimum absolute atomic E-state index is 0.0663. The first-order valence-corrected chi connectivity index (χ1v) is 12.3. The van der Waals surface area contributed by atoms with E-state index in [2.05, 4.69) is 46.8 Å². The van der Waals surface area contributed by atoms with Crippen LogP contribution in [0.1, 0.15) is 92.4 Å². The fourth-order valence-electron chi connectivity index (χ4n) is 5.32. The van der Waals surface area contributed by atoms with Crippen molar-refractivity contribution in [3.05, 3.63) is 58.0 Å². The summed E-state index contributed by atoms with van der Waals surface area (Å²) < 4.78 is 6.04. The Bertz CT molecular complexity index is 1060. The van der Waals surface area contributed by atoms with Crippen LogP contribution in [0, 0.1) is 6.92 Å². The summed E-state index contributed by atoms with van der Waals surface area (Å²) in [6.45, 7) is 15.6. The van der Waals surface area contributed by atoms with Crippen LogP contribution in [0.3, 0.4) is 0 Å². The molecule has 2 aliphatic rings. The van der Waals surface area contributed by atoms with Gasteiger partial charge in [-0.2, -0.15) is 0 Å². The van der Waals surface area contributed by atoms with Gasteiger partial charge in [-0.25, -0.2) is 0 Å². The van der Waals surface area contributed by atoms with Gasteiger partial charge >= 0.3 is 0 Å². The maximum Gasteiger partial charge on any atom is 0.289 e. The number of aryl methyl sites for hydroxylation is 1. The highest BCUT2D eigenvalue weighted by molar-refractivity contribution is 5.91. The molecule has 5 nitrogen and oxygen atoms in total. The zero-order valence-electron chi connectivity index (χ0n) is 21.1. The normalized spacial score (nSPS) is 19.7. The van der Waals surface area contributed by atoms with Gasteiger partial charge in [-0.05, 0) is 71.4 Å². The number of hydrogen-bond donors (Lipinski definition) is 0. The monoisotopic (exact) mass is 450 g/mol. The number of benzene rings is 1. The molecule has 4 rings (SSSR count). The van der Waals surface area contributed by atoms with Gasteiger partial charge < -0.3 is 14.2 Å². The van der Waals surface area contributed by atoms with Crippen molar-refractivity contribution in [3.63, 3.8) is 0 Å². The summed E-state index contributed by atoms with van der Waals surface area (Å²) >= 11 is 0. The Morgan fingerprint density at radius 2 is 1.52 bits per heavy atom. The number of rotatable bonds is 3. The molecule has 0 N–H and O–H groups in total. The van der Waals surface area contributed by atoms with Crippen LogP contribution in [0.2, 0.25) is 0 Å². The van der Waals surface area contributed by atoms with Crippen molar-refractivity contribution in [1.29, 1.82) is 0 Å². The van der Waals surface area contributed by atoms with Crippen LogP contribution in [0.25, 0.3) is 0 Å². The number of amides is 2. The van der Waals surface area contributed by atoms with Crippen molar-refractivity contribution in [1.82, 2.24) is 9.80 Å². The molecule has 0 unspecified atom stereocenters. The maximum absolute atomic E-state index is 13.0. The van der Waals surface area contributed by atoms with Gasteiger partial charge in [0.15, 0.2) is 5.76 Å². The van der Waals surface area contributed by atoms with Crippen molar-refractivity contribution in [3.8, 4) is 0 Å². The van der Waals surface area contributed by atoms with E-state index in [1.807, 2.05) is 11.0 Å². The Hall–Kier alpha value is -2.56. The Morgan fingerprint density at radius 1 is 0.909 bits per heavy atom. The lowest BCUT2D eigenvalue weighted by molar-refractivity contribution is -0.128. The van der Waals surface area contributed by atoms with Crippen molar-refractivity contribution in [2.45, 2.75) is 78.1 Å². The van der Waals surface area contributed by atoms with Gasteiger partial charge in [-0.3, -0.25) is 9.59 Å². The van der Waals surface area contributed by atoms with Gasteiger partial charge in [-0.1, -0.05) is 39.8 Å². The number of hydrogen-bond acceptors (Lipinski definition) is 3. The average Bonchev–Trinajstić information content (AvgIpc) is 3.06. The molecule has 178 valence electrons. The first-order valence-electron chi connectivity index (χ1n) is 12.3. The van der Waals surface area contributed by atoms with E-state index >= 15 is 0 Å². The first kappa shape index (κ1) is 23.6. The fourth-order valence-corrected chi connectivity index (χ4v) is 5.32. The number of carbonyl (C=O) groups is 2. The summed E-state index contributed by atoms with van der Waals surface area (Å²) in [5.41, 5.74) is 5.82. The molecule has 0 bridgehead atoms. The van der Waals surface area contributed by atoms with Crippen LogP contribution in [0.15, 0.2) is 28.7 Å². The number of furan rings is 1. The van der Waals surface area contributed by atoms with E-state index in [1.165, 1.54) is 35.1 Å². The summed E-state index contributed by atoms with van der Waals surface area (Å²) in [4.78, 5) is 28.3. The molecule has 1 aromatic carbocycles. The molecule has 2 amide bonds. The van der Waals surface area contributed by atoms with E-state index in [0.29, 0.717) is 38.4 Å². The quantitative estimate of drug-likeness (QED) is 0.644. The van der Waals surface area contributed by atoms with Crippen LogP contribution < -0.4 is 0 Å². The zero-order valence-corrected chi connectivity index (χ0v) is 21.1. The Morgan fingerprint density at radius 3 is 2.18 bits per heavy atom. The maximum atomic E-state index is 13.0. The summed E-state index contributed by atoms with van der Waals surface area (Å²) in [6, 6.07) is 8.48. The van der Waals surface area contributed by atoms with Crippen LogP contribution in [-0.2, 0) is 22.0 Å². The fraction of sp³-hybridized carbons (Fsp3) is 0.571. The highest BCUT2D eigenvalue weighted by atomic mass is 16.4. The van der Waals surface area contributed by atoms with Gasteiger partial charge in [0.2, 0.25) is 5.91 Å². The summed E-state index contributed by atoms with van der Waals surface area (Å²) in [7, 11) is 0. The molecule has 1 aromatic heterocycles. The Labute approximate surface area is 198 Å². The largest absolute Gasteiger partial charge is 0.456 e. The molecule has 1 aliphatic heterocycles. The predicted octanol–water partition coefficient (Wildman–Crippen LogP) is 5.22. The lowest BCUT2D eigenvalue weighted by atomic mass is 9.62. The highest BCUT2D eigenvalue weighted by Crippen LogP contribution is 2.46. The molecule has 5 heteroatoms. The third kappa shape index (κ3) is 4.73. The van der Waals surface area contributed by atoms with Crippen LogP contribution in [-0.4, -0.2) is 47.8 Å². The average molecular weight is 451 g/mol. The first-order chi connectivity index (χ1) is 15.5. The SMILES string of the molecule is CC(=O)N1CCCN(C(=O)c2ccc(Cc3cc4c(cc3C)C(C)(C)CCC4(C)C)o2)CC1. The lowest BCUT2D eigenvalue weighted by Crippen LogP contribution is -2.36. The molecule has 2 aromatic rings. The second kappa shape index (κ2) is 8.66. The predicted molar refractivity (Wildman–Crippen MR) is 131 cm³/mol. The van der Waals surface area contributed by atoms with Crippen LogP contribution in [0.5, 0.6) is 0 Å². The Kier molecular flexibility index (Phi) is 6.19. The van der Waals surface area contributed by atoms with Crippen molar-refractivity contribution < 1.29 is 14.0 Å². The smallest absolute Gasteiger partial charge is 0.289 e. The molecule has 0 radical (unpaired) electrons. The number of nitrogens with zero attached hydrogens (tertiary/aromatic N) is 2. The molecular weight excluding hydrogens is 412 g/mol. The lowest BCUT2D eigenvalue weighted by Gasteiger charge is -2.42. The van der Waals surface area contributed by atoms with Crippen LogP contribution >= 0.6 is 0 Å². The molecule has 1 aliphatic carbocycles. The molecule has 2 heterocycles. The topological polar surface area (TPSA) is 53.8 Å². The molecular formula is C28H38N2O3. The Balaban J connectivity index is 1.52. The second-order valence-electron chi connectivity index (χ2n) is 11.2. The zero-order chi connectivity index (χ0) is 24.0. The van der Waals surface area contributed by atoms with Gasteiger partial charge in [0.05, 0.1) is 0 Å². The minimum atomic E-state index is -0.0864. The van der Waals surface area contributed by atoms with Crippen LogP contribution in [0.4, 0.5) is 0 Å². The summed E-state index contributed by atoms with van der Waals surface area (Å²) in [5, 5.41) is 0. The van der Waals surface area contributed by atoms with Gasteiger partial charge in [-0.15, -0.1) is 0 Å². The van der Waals surface area contributed by atoms with Crippen molar-refractivity contribution in [2.75, 3.05) is 26.2 Å². The molecule has 0 atom stereocenters. The molecule has 33 heavy (non-hydrogen) atoms. The van der Waals surface area contributed by atoms with Gasteiger partial charge in [0, 0.05) is 39.5 Å². The summed E-state index contributed by atoms with van der Waals surface area (Å²) in [6.07, 6.45) is 3.86. The van der Waals surface area contributed by atoms with E-state index in [9.17, 15) is 9.59 Å². The molecule has 0 spiro atoms. The highest BCUT2D eigenvalue weighted by Gasteiger charge is 2.37. The van der Waals surface area contributed by atoms with E-state index in [0.717, 1.165) is 12.2 Å². The van der Waals surface area contributed by atoms with Crippen molar-refractivity contribution in [2.24, 2.45) is 0 Å².